The summed E-state index contributed by atoms with van der Waals surface area (Å²) in [6.45, 7) is 51.6. The van der Waals surface area contributed by atoms with Crippen molar-refractivity contribution in [3.63, 3.8) is 0 Å². The summed E-state index contributed by atoms with van der Waals surface area (Å²) in [5, 5.41) is 28.2. The third-order valence-corrected chi connectivity index (χ3v) is 21.8. The Kier molecular flexibility index (Phi) is 44.9. The molecule has 2 aromatic heterocycles. The van der Waals surface area contributed by atoms with Gasteiger partial charge in [-0.2, -0.15) is 0 Å². The molecule has 4 aromatic carbocycles. The highest BCUT2D eigenvalue weighted by molar-refractivity contribution is 7.92. The molecule has 11 rings (SSSR count). The fraction of sp³-hybridized carbons (Fsp3) is 0.582. The van der Waals surface area contributed by atoms with Crippen molar-refractivity contribution in [3.8, 4) is 11.5 Å². The summed E-state index contributed by atoms with van der Waals surface area (Å²) < 4.78 is 91.1. The fourth-order valence-corrected chi connectivity index (χ4v) is 15.2. The molecule has 11 N–H and O–H groups in total. The van der Waals surface area contributed by atoms with Crippen LogP contribution in [0.3, 0.4) is 0 Å². The number of amides is 12. The van der Waals surface area contributed by atoms with Gasteiger partial charge in [0.25, 0.3) is 13.3 Å². The predicted octanol–water partition coefficient (Wildman–Crippen LogP) is 9.71. The number of urea groups is 4. The molecule has 0 spiro atoms. The van der Waals surface area contributed by atoms with Gasteiger partial charge in [0.05, 0.1) is 60.5 Å². The number of rotatable bonds is 18. The Labute approximate surface area is 785 Å². The van der Waals surface area contributed by atoms with Crippen LogP contribution in [0.15, 0.2) is 77.8 Å². The minimum atomic E-state index is -3.59. The van der Waals surface area contributed by atoms with Crippen LogP contribution in [-0.4, -0.2) is 324 Å². The van der Waals surface area contributed by atoms with Crippen LogP contribution in [0, 0.1) is 0 Å². The van der Waals surface area contributed by atoms with Crippen LogP contribution in [0.5, 0.6) is 11.5 Å². The molecule has 0 aliphatic carbocycles. The van der Waals surface area contributed by atoms with E-state index in [4.69, 9.17) is 28.5 Å². The molecule has 6 aromatic rings. The molecule has 5 aliphatic rings. The van der Waals surface area contributed by atoms with Crippen LogP contribution in [0.4, 0.5) is 56.2 Å². The molecule has 5 fully saturated rings. The second kappa shape index (κ2) is 53.4. The SMILES string of the molecule is CC(C)(C)OC(=O)N1CCNCC1.CCN=C=O.CCNC(=O)N1CCN(C(=O)OC(C)(C)C)CC1.CCNC(=O)N1CCN(Cc2cccc3cc(C(=O)Nc4cc(C(C)(C)C)cc(NS(C)(=O)=O)c4OC)n(C)c23)CC1.CCNC(=O)N1CCNCC1.CCNC(=O)N1CCNCC1.COc1c(NC(=O)c2cc3cccc(C=O)c3n2C)cc(C(C)(C)C)cc1NS(C)(=O)=O.[3H]F. The number of aryl methyl sites for hydroxylation is 2. The number of nitrogens with zero attached hydrogens (tertiary/aromatic N) is 10. The van der Waals surface area contributed by atoms with Crippen molar-refractivity contribution < 1.29 is 88.4 Å². The first-order valence-corrected chi connectivity index (χ1v) is 48.4. The zero-order valence-corrected chi connectivity index (χ0v) is 83.5. The number of hydrogen-bond acceptors (Lipinski definition) is 23. The molecule has 0 bridgehead atoms. The number of isocyanates is 1. The molecule has 5 saturated heterocycles. The Hall–Kier alpha value is -11.6. The summed E-state index contributed by atoms with van der Waals surface area (Å²) in [5.41, 5.74) is 5.31. The van der Waals surface area contributed by atoms with Gasteiger partial charge in [0, 0.05) is 201 Å². The minimum absolute atomic E-state index is 0.0266. The van der Waals surface area contributed by atoms with Crippen molar-refractivity contribution >= 4 is 125 Å². The summed E-state index contributed by atoms with van der Waals surface area (Å²) in [6.07, 6.45) is 3.76. The van der Waals surface area contributed by atoms with E-state index in [1.54, 1.807) is 69.6 Å². The normalized spacial score (nSPS) is 14.8. The average Bonchev–Trinajstić information content (AvgIpc) is 1.63. The summed E-state index contributed by atoms with van der Waals surface area (Å²) in [4.78, 5) is 133. The number of aldehydes is 1. The number of carbonyl (C=O) groups is 9. The summed E-state index contributed by atoms with van der Waals surface area (Å²) in [7, 11) is -0.751. The first-order valence-electron chi connectivity index (χ1n) is 45.0. The van der Waals surface area contributed by atoms with Crippen molar-refractivity contribution in [3.05, 3.63) is 106 Å². The number of hydrogen-bond donors (Lipinski definition) is 11. The van der Waals surface area contributed by atoms with Gasteiger partial charge in [-0.15, -0.1) is 0 Å². The summed E-state index contributed by atoms with van der Waals surface area (Å²) in [5.74, 6) is -0.336. The van der Waals surface area contributed by atoms with Gasteiger partial charge < -0.3 is 105 Å². The topological polar surface area (TPSA) is 453 Å². The maximum atomic E-state index is 13.7. The van der Waals surface area contributed by atoms with Crippen LogP contribution < -0.4 is 66.8 Å². The molecule has 42 heteroatoms. The quantitative estimate of drug-likeness (QED) is 0.0216. The van der Waals surface area contributed by atoms with E-state index in [1.165, 1.54) is 20.3 Å². The number of benzene rings is 4. The summed E-state index contributed by atoms with van der Waals surface area (Å²) >= 11 is 0. The Morgan fingerprint density at radius 1 is 0.466 bits per heavy atom. The Balaban J connectivity index is 0.000000357. The third kappa shape index (κ3) is 37.4. The number of anilines is 4. The standard InChI is InChI=1S/C30H42N6O5S.C23H27N3O5S.C12H23N3O3.C9H18N2O2.2C7H15N3O.C3H5NO.FH/c1-8-31-29(38)36-14-12-35(13-15-36)19-21-11-9-10-20-16-25(34(5)26(20)21)28(37)32-23-17-22(30(2,3)4)18-24(27(23)41-6)33-42(7,39)40;1-23(2,3)16-11-17(21(31-5)18(12-16)25-32(6,29)30)24-22(28)19-10-14-8-7-9-15(13-27)20(14)26(19)4;1-5-13-10(16)14-6-8-15(9-7-14)11(17)18-12(2,3)4;1-9(2,3)13-8(12)11-6-4-10-5-7-11;2*1-2-9-7(11)10-5-3-8-4-6-10;1-2-4-3-5;/h9-11,16-18,33H,8,12-15,19H2,1-7H3,(H,31,38)(H,32,37);7-13,25H,1-6H3,(H,24,28);5-9H2,1-4H3,(H,13,16);10H,4-7H2,1-3H3;2*8H,2-6H2,1H3,(H,9,11);2H2,1H3;1H/i/hT. The number of sulfonamides is 2. The molecule has 742 valence electrons. The lowest BCUT2D eigenvalue weighted by Gasteiger charge is -2.35. The van der Waals surface area contributed by atoms with E-state index < -0.39 is 31.6 Å². The van der Waals surface area contributed by atoms with E-state index in [2.05, 4.69) is 74.7 Å². The number of aromatic nitrogens is 2. The van der Waals surface area contributed by atoms with Crippen molar-refractivity contribution in [2.45, 2.75) is 146 Å². The van der Waals surface area contributed by atoms with Crippen molar-refractivity contribution in [1.82, 2.24) is 80.7 Å². The molecule has 5 aliphatic heterocycles. The Morgan fingerprint density at radius 2 is 0.782 bits per heavy atom. The first-order chi connectivity index (χ1) is 63.0. The largest absolute Gasteiger partial charge is 0.492 e. The number of halogens is 1. The van der Waals surface area contributed by atoms with Crippen LogP contribution in [0.25, 0.3) is 21.8 Å². The van der Waals surface area contributed by atoms with Crippen LogP contribution in [0.2, 0.25) is 0 Å². The van der Waals surface area contributed by atoms with Gasteiger partial charge in [0.1, 0.15) is 22.6 Å². The lowest BCUT2D eigenvalue weighted by atomic mass is 9.86. The van der Waals surface area contributed by atoms with Gasteiger partial charge in [-0.25, -0.2) is 55.4 Å². The van der Waals surface area contributed by atoms with Gasteiger partial charge in [-0.3, -0.25) is 33.4 Å². The molecular weight excluding hydrogens is 1760 g/mol. The third-order valence-electron chi connectivity index (χ3n) is 20.6. The zero-order chi connectivity index (χ0) is 101. The van der Waals surface area contributed by atoms with Gasteiger partial charge >= 0.3 is 36.3 Å². The lowest BCUT2D eigenvalue weighted by molar-refractivity contribution is 0.0168. The Morgan fingerprint density at radius 3 is 1.10 bits per heavy atom. The van der Waals surface area contributed by atoms with E-state index in [9.17, 15) is 60.0 Å². The van der Waals surface area contributed by atoms with Crippen molar-refractivity contribution in [2.24, 2.45) is 19.1 Å². The molecular formula is C91H146FN21O18S2. The molecule has 0 unspecified atom stereocenters. The number of aliphatic imine (C=N–C) groups is 1. The minimum Gasteiger partial charge on any atom is -0.492 e. The number of piperazine rings is 5. The van der Waals surface area contributed by atoms with Gasteiger partial charge in [-0.05, 0) is 146 Å². The zero-order valence-electron chi connectivity index (χ0n) is 82.9. The van der Waals surface area contributed by atoms with Gasteiger partial charge in [0.2, 0.25) is 26.1 Å². The number of methoxy groups -OCH3 is 2. The second-order valence-electron chi connectivity index (χ2n) is 35.6. The van der Waals surface area contributed by atoms with Gasteiger partial charge in [0.15, 0.2) is 17.8 Å². The number of nitrogens with one attached hydrogen (secondary N) is 11. The first kappa shape index (κ1) is 112. The van der Waals surface area contributed by atoms with E-state index in [1.807, 2.05) is 167 Å². The predicted molar refractivity (Wildman–Crippen MR) is 521 cm³/mol. The van der Waals surface area contributed by atoms with E-state index >= 15 is 0 Å². The Bertz CT molecular complexity index is 5100. The molecule has 0 saturated carbocycles. The van der Waals surface area contributed by atoms with Crippen LogP contribution >= 0.6 is 0 Å². The van der Waals surface area contributed by atoms with Crippen molar-refractivity contribution in [1.29, 1.82) is 1.45 Å². The van der Waals surface area contributed by atoms with Crippen LogP contribution in [0.1, 0.15) is 166 Å². The van der Waals surface area contributed by atoms with Gasteiger partial charge in [-0.1, -0.05) is 71.9 Å². The highest BCUT2D eigenvalue weighted by Crippen LogP contribution is 2.42. The highest BCUT2D eigenvalue weighted by atomic mass is 32.2. The molecule has 0 atom stereocenters. The van der Waals surface area contributed by atoms with Crippen LogP contribution in [-0.2, 0) is 65.8 Å². The molecule has 12 amide bonds. The maximum Gasteiger partial charge on any atom is 0.410 e. The van der Waals surface area contributed by atoms with Crippen molar-refractivity contribution in [2.75, 3.05) is 210 Å². The highest BCUT2D eigenvalue weighted by Gasteiger charge is 2.32. The number of fused-ring (bicyclic) bond motifs is 2. The van der Waals surface area contributed by atoms with E-state index in [0.717, 1.165) is 143 Å². The lowest BCUT2D eigenvalue weighted by Crippen LogP contribution is -2.53. The molecule has 39 nitrogen and oxygen atoms in total. The number of para-hydroxylation sites is 2. The number of ether oxygens (including phenoxy) is 4. The molecule has 7 heterocycles. The average molecular weight is 1910 g/mol. The van der Waals surface area contributed by atoms with E-state index in [0.29, 0.717) is 112 Å². The fourth-order valence-electron chi connectivity index (χ4n) is 14.1. The number of carbonyl (C=O) groups excluding carboxylic acids is 10. The molecule has 0 radical (unpaired) electrons. The smallest absolute Gasteiger partial charge is 0.410 e. The summed E-state index contributed by atoms with van der Waals surface area (Å²) in [6, 6.07) is 21.9. The second-order valence-corrected chi connectivity index (χ2v) is 39.1. The maximum absolute atomic E-state index is 13.7. The monoisotopic (exact) mass is 1910 g/mol. The van der Waals surface area contributed by atoms with E-state index in [-0.39, 0.29) is 81.5 Å². The molecule has 133 heavy (non-hydrogen) atoms.